The molecule has 2 saturated heterocycles. The Balaban J connectivity index is 2.29. The molecule has 0 aromatic carbocycles. The van der Waals surface area contributed by atoms with Gasteiger partial charge in [0.15, 0.2) is 0 Å². The van der Waals surface area contributed by atoms with E-state index in [0.717, 1.165) is 5.57 Å². The number of esters is 1. The van der Waals surface area contributed by atoms with Crippen molar-refractivity contribution in [1.29, 1.82) is 0 Å². The minimum atomic E-state index is -0.686. The summed E-state index contributed by atoms with van der Waals surface area (Å²) in [4.78, 5) is 25.4. The zero-order valence-electron chi connectivity index (χ0n) is 9.78. The molecule has 1 atom stereocenters. The van der Waals surface area contributed by atoms with Crippen molar-refractivity contribution in [3.05, 3.63) is 11.6 Å². The zero-order valence-corrected chi connectivity index (χ0v) is 9.78. The van der Waals surface area contributed by atoms with Crippen molar-refractivity contribution in [2.45, 2.75) is 38.6 Å². The number of amides is 1. The number of carbonyl (C=O) groups excluding carboxylic acids is 2. The second kappa shape index (κ2) is 3.92. The fourth-order valence-electron chi connectivity index (χ4n) is 2.62. The summed E-state index contributed by atoms with van der Waals surface area (Å²) in [5, 5.41) is 0. The second-order valence-electron chi connectivity index (χ2n) is 4.36. The molecule has 88 valence electrons. The molecule has 0 radical (unpaired) electrons. The first-order valence-electron chi connectivity index (χ1n) is 5.76. The van der Waals surface area contributed by atoms with Crippen LogP contribution in [0.3, 0.4) is 0 Å². The van der Waals surface area contributed by atoms with Crippen LogP contribution in [0.25, 0.3) is 0 Å². The summed E-state index contributed by atoms with van der Waals surface area (Å²) in [5.74, 6) is -0.164. The lowest BCUT2D eigenvalue weighted by Gasteiger charge is -2.28. The van der Waals surface area contributed by atoms with E-state index in [4.69, 9.17) is 4.74 Å². The van der Waals surface area contributed by atoms with E-state index in [1.807, 2.05) is 13.0 Å². The van der Waals surface area contributed by atoms with Crippen LogP contribution in [0.1, 0.15) is 33.1 Å². The first-order chi connectivity index (χ1) is 7.64. The standard InChI is InChI=1S/C12H17NO3/c1-3-9-7-12(11(15)16-4-2)6-5-10(14)13(12)8-9/h3H,4-8H2,1-2H3/b9-3+/t12-/m0/s1. The molecule has 2 fully saturated rings. The molecule has 2 heterocycles. The summed E-state index contributed by atoms with van der Waals surface area (Å²) in [6, 6.07) is 0. The largest absolute Gasteiger partial charge is 0.464 e. The van der Waals surface area contributed by atoms with Crippen LogP contribution >= 0.6 is 0 Å². The van der Waals surface area contributed by atoms with Gasteiger partial charge in [-0.2, -0.15) is 0 Å². The fraction of sp³-hybridized carbons (Fsp3) is 0.667. The molecule has 4 nitrogen and oxygen atoms in total. The SMILES string of the molecule is C/C=C1/CN2C(=O)CC[C@@]2(C(=O)OCC)C1. The summed E-state index contributed by atoms with van der Waals surface area (Å²) in [6.07, 6.45) is 3.71. The van der Waals surface area contributed by atoms with Crippen LogP contribution in [0.2, 0.25) is 0 Å². The van der Waals surface area contributed by atoms with Crippen LogP contribution in [-0.4, -0.2) is 35.5 Å². The van der Waals surface area contributed by atoms with E-state index in [1.165, 1.54) is 0 Å². The van der Waals surface area contributed by atoms with Crippen molar-refractivity contribution in [2.24, 2.45) is 0 Å². The average Bonchev–Trinajstić information content (AvgIpc) is 2.78. The lowest BCUT2D eigenvalue weighted by molar-refractivity contribution is -0.157. The summed E-state index contributed by atoms with van der Waals surface area (Å²) >= 11 is 0. The van der Waals surface area contributed by atoms with Gasteiger partial charge < -0.3 is 9.64 Å². The van der Waals surface area contributed by atoms with Crippen LogP contribution < -0.4 is 0 Å². The average molecular weight is 223 g/mol. The van der Waals surface area contributed by atoms with Gasteiger partial charge in [0.1, 0.15) is 5.54 Å². The van der Waals surface area contributed by atoms with Crippen LogP contribution in [-0.2, 0) is 14.3 Å². The molecule has 0 bridgehead atoms. The maximum atomic E-state index is 12.0. The molecular weight excluding hydrogens is 206 g/mol. The minimum absolute atomic E-state index is 0.0740. The van der Waals surface area contributed by atoms with Crippen LogP contribution in [0.5, 0.6) is 0 Å². The Labute approximate surface area is 95.2 Å². The Kier molecular flexibility index (Phi) is 2.74. The zero-order chi connectivity index (χ0) is 11.8. The van der Waals surface area contributed by atoms with Gasteiger partial charge in [-0.1, -0.05) is 11.6 Å². The highest BCUT2D eigenvalue weighted by Crippen LogP contribution is 2.42. The Morgan fingerprint density at radius 2 is 2.38 bits per heavy atom. The Morgan fingerprint density at radius 3 is 3.00 bits per heavy atom. The summed E-state index contributed by atoms with van der Waals surface area (Å²) < 4.78 is 5.11. The Hall–Kier alpha value is -1.32. The molecule has 4 heteroatoms. The molecule has 0 spiro atoms. The first-order valence-corrected chi connectivity index (χ1v) is 5.76. The van der Waals surface area contributed by atoms with Crippen molar-refractivity contribution in [3.63, 3.8) is 0 Å². The maximum Gasteiger partial charge on any atom is 0.332 e. The topological polar surface area (TPSA) is 46.6 Å². The molecule has 0 saturated carbocycles. The molecule has 2 aliphatic heterocycles. The fourth-order valence-corrected chi connectivity index (χ4v) is 2.62. The number of rotatable bonds is 2. The van der Waals surface area contributed by atoms with Crippen molar-refractivity contribution < 1.29 is 14.3 Å². The highest BCUT2D eigenvalue weighted by molar-refractivity contribution is 5.93. The molecule has 0 aromatic rings. The third kappa shape index (κ3) is 1.44. The van der Waals surface area contributed by atoms with Gasteiger partial charge in [-0.05, 0) is 20.3 Å². The molecular formula is C12H17NO3. The third-order valence-corrected chi connectivity index (χ3v) is 3.51. The summed E-state index contributed by atoms with van der Waals surface area (Å²) in [7, 11) is 0. The number of carbonyl (C=O) groups is 2. The van der Waals surface area contributed by atoms with Crippen molar-refractivity contribution in [1.82, 2.24) is 4.90 Å². The summed E-state index contributed by atoms with van der Waals surface area (Å²) in [6.45, 7) is 4.70. The molecule has 0 aromatic heterocycles. The van der Waals surface area contributed by atoms with Gasteiger partial charge >= 0.3 is 5.97 Å². The van der Waals surface area contributed by atoms with Gasteiger partial charge in [0, 0.05) is 19.4 Å². The predicted molar refractivity (Wildman–Crippen MR) is 58.7 cm³/mol. The minimum Gasteiger partial charge on any atom is -0.464 e. The number of fused-ring (bicyclic) bond motifs is 1. The highest BCUT2D eigenvalue weighted by atomic mass is 16.5. The lowest BCUT2D eigenvalue weighted by atomic mass is 9.92. The predicted octanol–water partition coefficient (Wildman–Crippen LogP) is 1.26. The quantitative estimate of drug-likeness (QED) is 0.523. The van der Waals surface area contributed by atoms with Gasteiger partial charge in [0.05, 0.1) is 6.61 Å². The van der Waals surface area contributed by atoms with E-state index in [0.29, 0.717) is 32.4 Å². The van der Waals surface area contributed by atoms with E-state index in [-0.39, 0.29) is 11.9 Å². The van der Waals surface area contributed by atoms with Crippen LogP contribution in [0.4, 0.5) is 0 Å². The highest BCUT2D eigenvalue weighted by Gasteiger charge is 2.56. The molecule has 16 heavy (non-hydrogen) atoms. The van der Waals surface area contributed by atoms with E-state index in [9.17, 15) is 9.59 Å². The molecule has 2 rings (SSSR count). The van der Waals surface area contributed by atoms with Gasteiger partial charge in [-0.15, -0.1) is 0 Å². The van der Waals surface area contributed by atoms with Gasteiger partial charge in [-0.25, -0.2) is 4.79 Å². The second-order valence-corrected chi connectivity index (χ2v) is 4.36. The van der Waals surface area contributed by atoms with E-state index >= 15 is 0 Å². The normalized spacial score (nSPS) is 31.0. The number of allylic oxidation sites excluding steroid dienone is 1. The Morgan fingerprint density at radius 1 is 1.62 bits per heavy atom. The monoisotopic (exact) mass is 223 g/mol. The summed E-state index contributed by atoms with van der Waals surface area (Å²) in [5.41, 5.74) is 0.468. The molecule has 0 unspecified atom stereocenters. The van der Waals surface area contributed by atoms with Crippen molar-refractivity contribution >= 4 is 11.9 Å². The maximum absolute atomic E-state index is 12.0. The molecule has 0 aliphatic carbocycles. The van der Waals surface area contributed by atoms with Gasteiger partial charge in [-0.3, -0.25) is 4.79 Å². The van der Waals surface area contributed by atoms with E-state index in [2.05, 4.69) is 0 Å². The Bertz CT molecular complexity index is 361. The molecule has 0 N–H and O–H groups in total. The first kappa shape index (κ1) is 11.2. The van der Waals surface area contributed by atoms with E-state index in [1.54, 1.807) is 11.8 Å². The number of ether oxygens (including phenoxy) is 1. The number of hydrogen-bond acceptors (Lipinski definition) is 3. The third-order valence-electron chi connectivity index (χ3n) is 3.51. The smallest absolute Gasteiger partial charge is 0.332 e. The van der Waals surface area contributed by atoms with Crippen LogP contribution in [0, 0.1) is 0 Å². The van der Waals surface area contributed by atoms with Gasteiger partial charge in [0.25, 0.3) is 0 Å². The van der Waals surface area contributed by atoms with E-state index < -0.39 is 5.54 Å². The van der Waals surface area contributed by atoms with Crippen molar-refractivity contribution in [3.8, 4) is 0 Å². The molecule has 1 amide bonds. The van der Waals surface area contributed by atoms with Gasteiger partial charge in [0.2, 0.25) is 5.91 Å². The number of nitrogens with zero attached hydrogens (tertiary/aromatic N) is 1. The lowest BCUT2D eigenvalue weighted by Crippen LogP contribution is -2.48. The van der Waals surface area contributed by atoms with Crippen molar-refractivity contribution in [2.75, 3.05) is 13.2 Å². The molecule has 2 aliphatic rings. The number of hydrogen-bond donors (Lipinski definition) is 0. The van der Waals surface area contributed by atoms with Crippen LogP contribution in [0.15, 0.2) is 11.6 Å².